The molecule has 1 aliphatic heterocycles. The van der Waals surface area contributed by atoms with E-state index in [0.29, 0.717) is 12.1 Å². The number of methoxy groups -OCH3 is 1. The number of carbonyl (C=O) groups is 2. The van der Waals surface area contributed by atoms with E-state index in [9.17, 15) is 9.59 Å². The molecular formula is C19H21BrN2O3S. The van der Waals surface area contributed by atoms with Crippen molar-refractivity contribution in [2.75, 3.05) is 13.7 Å². The van der Waals surface area contributed by atoms with E-state index in [4.69, 9.17) is 4.74 Å². The zero-order valence-corrected chi connectivity index (χ0v) is 17.3. The van der Waals surface area contributed by atoms with Crippen molar-refractivity contribution in [3.05, 3.63) is 56.2 Å². The van der Waals surface area contributed by atoms with Gasteiger partial charge in [-0.05, 0) is 66.0 Å². The summed E-state index contributed by atoms with van der Waals surface area (Å²) in [7, 11) is 1.37. The molecular weight excluding hydrogens is 416 g/mol. The molecule has 5 nitrogen and oxygen atoms in total. The van der Waals surface area contributed by atoms with E-state index < -0.39 is 5.66 Å². The van der Waals surface area contributed by atoms with Crippen LogP contribution < -0.4 is 5.32 Å². The second-order valence-corrected chi connectivity index (χ2v) is 9.20. The molecule has 2 heterocycles. The molecule has 1 fully saturated rings. The first-order valence-corrected chi connectivity index (χ1v) is 9.94. The molecule has 1 aliphatic rings. The number of nitrogens with one attached hydrogen (secondary N) is 1. The Morgan fingerprint density at radius 3 is 2.54 bits per heavy atom. The van der Waals surface area contributed by atoms with Crippen LogP contribution in [0.15, 0.2) is 40.2 Å². The van der Waals surface area contributed by atoms with Crippen LogP contribution in [-0.4, -0.2) is 36.1 Å². The van der Waals surface area contributed by atoms with Gasteiger partial charge < -0.3 is 9.64 Å². The summed E-state index contributed by atoms with van der Waals surface area (Å²) in [5.41, 5.74) is 1.19. The van der Waals surface area contributed by atoms with Crippen molar-refractivity contribution >= 4 is 39.1 Å². The highest BCUT2D eigenvalue weighted by Crippen LogP contribution is 2.35. The molecule has 1 atom stereocenters. The molecule has 2 aromatic rings. The number of halogens is 1. The van der Waals surface area contributed by atoms with Crippen molar-refractivity contribution in [1.29, 1.82) is 0 Å². The van der Waals surface area contributed by atoms with Crippen molar-refractivity contribution in [3.8, 4) is 0 Å². The summed E-state index contributed by atoms with van der Waals surface area (Å²) in [6.45, 7) is 4.65. The number of nitrogens with zero attached hydrogens (tertiary/aromatic N) is 1. The highest BCUT2D eigenvalue weighted by atomic mass is 79.9. The van der Waals surface area contributed by atoms with Crippen LogP contribution in [0.1, 0.15) is 40.7 Å². The smallest absolute Gasteiger partial charge is 0.337 e. The molecule has 1 unspecified atom stereocenters. The first-order chi connectivity index (χ1) is 12.3. The van der Waals surface area contributed by atoms with E-state index in [0.717, 1.165) is 20.6 Å². The van der Waals surface area contributed by atoms with Gasteiger partial charge in [0, 0.05) is 11.4 Å². The molecule has 138 valence electrons. The molecule has 0 bridgehead atoms. The third-order valence-corrected chi connectivity index (χ3v) is 6.25. The van der Waals surface area contributed by atoms with Gasteiger partial charge in [0.2, 0.25) is 5.91 Å². The first kappa shape index (κ1) is 19.1. The summed E-state index contributed by atoms with van der Waals surface area (Å²) >= 11 is 5.03. The van der Waals surface area contributed by atoms with E-state index in [1.165, 1.54) is 7.11 Å². The van der Waals surface area contributed by atoms with E-state index in [1.54, 1.807) is 23.5 Å². The SMILES string of the molecule is COC(=O)c1ccc(CCN2C(=O)C(c3ccc(Br)s3)NC2(C)C)cc1. The van der Waals surface area contributed by atoms with Crippen LogP contribution >= 0.6 is 27.3 Å². The summed E-state index contributed by atoms with van der Waals surface area (Å²) in [5.74, 6) is -0.253. The quantitative estimate of drug-likeness (QED) is 0.724. The van der Waals surface area contributed by atoms with Crippen molar-refractivity contribution in [3.63, 3.8) is 0 Å². The number of thiophene rings is 1. The third kappa shape index (κ3) is 3.84. The molecule has 3 rings (SSSR count). The third-order valence-electron chi connectivity index (χ3n) is 4.56. The van der Waals surface area contributed by atoms with Gasteiger partial charge in [0.1, 0.15) is 6.04 Å². The van der Waals surface area contributed by atoms with Gasteiger partial charge in [-0.25, -0.2) is 4.79 Å². The van der Waals surface area contributed by atoms with E-state index >= 15 is 0 Å². The summed E-state index contributed by atoms with van der Waals surface area (Å²) in [6.07, 6.45) is 0.721. The number of rotatable bonds is 5. The summed E-state index contributed by atoms with van der Waals surface area (Å²) in [5, 5.41) is 3.43. The number of esters is 1. The monoisotopic (exact) mass is 436 g/mol. The highest BCUT2D eigenvalue weighted by Gasteiger charge is 2.44. The second-order valence-electron chi connectivity index (χ2n) is 6.71. The van der Waals surface area contributed by atoms with Gasteiger partial charge in [-0.3, -0.25) is 10.1 Å². The number of ether oxygens (including phenoxy) is 1. The van der Waals surface area contributed by atoms with Gasteiger partial charge in [0.05, 0.1) is 22.1 Å². The Balaban J connectivity index is 1.69. The number of hydrogen-bond acceptors (Lipinski definition) is 5. The number of benzene rings is 1. The van der Waals surface area contributed by atoms with Crippen LogP contribution in [0.25, 0.3) is 0 Å². The highest BCUT2D eigenvalue weighted by molar-refractivity contribution is 9.11. The fraction of sp³-hybridized carbons (Fsp3) is 0.368. The number of carbonyl (C=O) groups excluding carboxylic acids is 2. The molecule has 0 saturated carbocycles. The van der Waals surface area contributed by atoms with Crippen LogP contribution in [0.2, 0.25) is 0 Å². The maximum atomic E-state index is 12.9. The molecule has 0 aliphatic carbocycles. The van der Waals surface area contributed by atoms with Crippen LogP contribution in [0.4, 0.5) is 0 Å². The number of hydrogen-bond donors (Lipinski definition) is 1. The first-order valence-electron chi connectivity index (χ1n) is 8.33. The molecule has 0 radical (unpaired) electrons. The Hall–Kier alpha value is -1.70. The Labute approximate surface area is 165 Å². The lowest BCUT2D eigenvalue weighted by Gasteiger charge is -2.31. The average molecular weight is 437 g/mol. The molecule has 7 heteroatoms. The summed E-state index contributed by atoms with van der Waals surface area (Å²) in [4.78, 5) is 27.3. The van der Waals surface area contributed by atoms with E-state index in [1.807, 2.05) is 43.0 Å². The largest absolute Gasteiger partial charge is 0.465 e. The van der Waals surface area contributed by atoms with Gasteiger partial charge >= 0.3 is 5.97 Å². The van der Waals surface area contributed by atoms with Crippen LogP contribution in [0, 0.1) is 0 Å². The van der Waals surface area contributed by atoms with E-state index in [2.05, 4.69) is 21.2 Å². The van der Waals surface area contributed by atoms with Crippen molar-refractivity contribution < 1.29 is 14.3 Å². The molecule has 0 spiro atoms. The second kappa shape index (κ2) is 7.50. The molecule has 1 saturated heterocycles. The van der Waals surface area contributed by atoms with Gasteiger partial charge in [-0.2, -0.15) is 0 Å². The molecule has 1 N–H and O–H groups in total. The lowest BCUT2D eigenvalue weighted by molar-refractivity contribution is -0.131. The summed E-state index contributed by atoms with van der Waals surface area (Å²) < 4.78 is 5.73. The maximum Gasteiger partial charge on any atom is 0.337 e. The molecule has 1 aromatic heterocycles. The van der Waals surface area contributed by atoms with E-state index in [-0.39, 0.29) is 17.9 Å². The van der Waals surface area contributed by atoms with Gasteiger partial charge in [-0.15, -0.1) is 11.3 Å². The van der Waals surface area contributed by atoms with Gasteiger partial charge in [0.25, 0.3) is 0 Å². The minimum absolute atomic E-state index is 0.0931. The minimum atomic E-state index is -0.413. The fourth-order valence-corrected chi connectivity index (χ4v) is 4.62. The van der Waals surface area contributed by atoms with Crippen LogP contribution in [0.5, 0.6) is 0 Å². The predicted molar refractivity (Wildman–Crippen MR) is 105 cm³/mol. The number of amides is 1. The zero-order chi connectivity index (χ0) is 18.9. The summed E-state index contributed by atoms with van der Waals surface area (Å²) in [6, 6.07) is 11.0. The minimum Gasteiger partial charge on any atom is -0.465 e. The standard InChI is InChI=1S/C19H21BrN2O3S/c1-19(2)21-16(14-8-9-15(20)26-14)17(23)22(19)11-10-12-4-6-13(7-5-12)18(24)25-3/h4-9,16,21H,10-11H2,1-3H3. The maximum absolute atomic E-state index is 12.9. The molecule has 26 heavy (non-hydrogen) atoms. The Bertz CT molecular complexity index is 816. The van der Waals surface area contributed by atoms with Crippen LogP contribution in [-0.2, 0) is 16.0 Å². The topological polar surface area (TPSA) is 58.6 Å². The van der Waals surface area contributed by atoms with Crippen molar-refractivity contribution in [2.45, 2.75) is 32.0 Å². The zero-order valence-electron chi connectivity index (χ0n) is 14.9. The normalized spacial score (nSPS) is 19.0. The average Bonchev–Trinajstić information content (AvgIpc) is 3.14. The van der Waals surface area contributed by atoms with Crippen molar-refractivity contribution in [1.82, 2.24) is 10.2 Å². The molecule has 1 aromatic carbocycles. The Morgan fingerprint density at radius 2 is 1.96 bits per heavy atom. The van der Waals surface area contributed by atoms with Crippen molar-refractivity contribution in [2.24, 2.45) is 0 Å². The van der Waals surface area contributed by atoms with Gasteiger partial charge in [-0.1, -0.05) is 12.1 Å². The van der Waals surface area contributed by atoms with Gasteiger partial charge in [0.15, 0.2) is 0 Å². The molecule has 1 amide bonds. The predicted octanol–water partition coefficient (Wildman–Crippen LogP) is 3.75. The lowest BCUT2D eigenvalue weighted by atomic mass is 10.1. The lowest BCUT2D eigenvalue weighted by Crippen LogP contribution is -2.47. The Kier molecular flexibility index (Phi) is 5.50. The Morgan fingerprint density at radius 1 is 1.27 bits per heavy atom. The van der Waals surface area contributed by atoms with Crippen LogP contribution in [0.3, 0.4) is 0 Å². The fourth-order valence-electron chi connectivity index (χ4n) is 3.16.